The number of aryl methyl sites for hydroxylation is 1. The van der Waals surface area contributed by atoms with Gasteiger partial charge in [0.25, 0.3) is 5.91 Å². The number of nitrogens with one attached hydrogen (secondary N) is 2. The Hall–Kier alpha value is -3.65. The number of nitrogens with zero attached hydrogens (tertiary/aromatic N) is 1. The molecule has 0 saturated heterocycles. The zero-order valence-electron chi connectivity index (χ0n) is 16.7. The number of benzene rings is 2. The third-order valence-electron chi connectivity index (χ3n) is 4.41. The summed E-state index contributed by atoms with van der Waals surface area (Å²) in [6.45, 7) is 1.74. The van der Waals surface area contributed by atoms with Gasteiger partial charge in [0, 0.05) is 29.7 Å². The molecule has 0 unspecified atom stereocenters. The van der Waals surface area contributed by atoms with Gasteiger partial charge in [0.2, 0.25) is 5.91 Å². The fraction of sp³-hybridized carbons (Fsp3) is 0.0870. The van der Waals surface area contributed by atoms with Crippen molar-refractivity contribution in [3.05, 3.63) is 94.3 Å². The van der Waals surface area contributed by atoms with Crippen LogP contribution in [-0.4, -0.2) is 16.8 Å². The van der Waals surface area contributed by atoms with Gasteiger partial charge in [-0.15, -0.1) is 0 Å². The molecule has 0 fully saturated rings. The topological polar surface area (TPSA) is 71.1 Å². The van der Waals surface area contributed by atoms with Gasteiger partial charge in [-0.2, -0.15) is 13.2 Å². The maximum absolute atomic E-state index is 12.9. The molecular formula is C23H17ClF3N3O2. The fourth-order valence-corrected chi connectivity index (χ4v) is 2.88. The predicted octanol–water partition coefficient (Wildman–Crippen LogP) is 5.97. The van der Waals surface area contributed by atoms with Gasteiger partial charge in [0.15, 0.2) is 0 Å². The highest BCUT2D eigenvalue weighted by Gasteiger charge is 2.31. The van der Waals surface area contributed by atoms with Crippen molar-refractivity contribution in [1.29, 1.82) is 0 Å². The van der Waals surface area contributed by atoms with Crippen LogP contribution < -0.4 is 10.6 Å². The normalized spacial score (nSPS) is 11.4. The number of pyridine rings is 1. The number of halogens is 4. The van der Waals surface area contributed by atoms with Gasteiger partial charge in [-0.3, -0.25) is 14.6 Å². The number of alkyl halides is 3. The number of hydrogen-bond acceptors (Lipinski definition) is 3. The van der Waals surface area contributed by atoms with Crippen LogP contribution in [0.5, 0.6) is 0 Å². The molecule has 5 nitrogen and oxygen atoms in total. The second-order valence-electron chi connectivity index (χ2n) is 6.79. The highest BCUT2D eigenvalue weighted by atomic mass is 35.5. The van der Waals surface area contributed by atoms with Gasteiger partial charge < -0.3 is 10.6 Å². The van der Waals surface area contributed by atoms with Gasteiger partial charge in [-0.25, -0.2) is 0 Å². The van der Waals surface area contributed by atoms with Crippen LogP contribution in [0, 0.1) is 6.92 Å². The molecule has 1 heterocycles. The number of hydrogen-bond donors (Lipinski definition) is 2. The van der Waals surface area contributed by atoms with E-state index in [0.29, 0.717) is 11.3 Å². The Kier molecular flexibility index (Phi) is 6.95. The van der Waals surface area contributed by atoms with Crippen molar-refractivity contribution in [3.8, 4) is 0 Å². The molecule has 1 aromatic heterocycles. The van der Waals surface area contributed by atoms with Crippen molar-refractivity contribution in [2.24, 2.45) is 0 Å². The highest BCUT2D eigenvalue weighted by Crippen LogP contribution is 2.34. The third-order valence-corrected chi connectivity index (χ3v) is 4.74. The molecule has 0 spiro atoms. The summed E-state index contributed by atoms with van der Waals surface area (Å²) >= 11 is 5.94. The highest BCUT2D eigenvalue weighted by molar-refractivity contribution is 6.34. The summed E-state index contributed by atoms with van der Waals surface area (Å²) in [7, 11) is 0. The zero-order valence-corrected chi connectivity index (χ0v) is 17.5. The van der Waals surface area contributed by atoms with Crippen LogP contribution in [0.2, 0.25) is 5.02 Å². The molecule has 32 heavy (non-hydrogen) atoms. The van der Waals surface area contributed by atoms with Crippen LogP contribution in [-0.2, 0) is 11.0 Å². The molecule has 164 valence electrons. The summed E-state index contributed by atoms with van der Waals surface area (Å²) in [6.07, 6.45) is 1.55. The monoisotopic (exact) mass is 459 g/mol. The van der Waals surface area contributed by atoms with Gasteiger partial charge >= 0.3 is 6.18 Å². The molecule has 0 saturated carbocycles. The van der Waals surface area contributed by atoms with E-state index in [-0.39, 0.29) is 16.3 Å². The summed E-state index contributed by atoms with van der Waals surface area (Å²) in [5.41, 5.74) is 0.850. The quantitative estimate of drug-likeness (QED) is 0.462. The van der Waals surface area contributed by atoms with Crippen LogP contribution in [0.25, 0.3) is 6.08 Å². The molecular weight excluding hydrogens is 443 g/mol. The van der Waals surface area contributed by atoms with E-state index in [9.17, 15) is 22.8 Å². The lowest BCUT2D eigenvalue weighted by Gasteiger charge is -2.13. The number of amides is 2. The molecule has 2 N–H and O–H groups in total. The van der Waals surface area contributed by atoms with Crippen LogP contribution in [0.3, 0.4) is 0 Å². The Morgan fingerprint density at radius 2 is 1.81 bits per heavy atom. The summed E-state index contributed by atoms with van der Waals surface area (Å²) in [5.74, 6) is -1.09. The minimum absolute atomic E-state index is 0.0347. The van der Waals surface area contributed by atoms with Crippen molar-refractivity contribution < 1.29 is 22.8 Å². The standard InChI is InChI=1S/C23H17ClF3N3O2/c1-14-4-6-16(11-19(14)29-21(31)9-5-15-3-2-10-28-13-15)22(32)30-20-12-17(23(25,26)27)7-8-18(20)24/h2-13H,1H3,(H,29,31)(H,30,32)/b9-5+. The molecule has 0 bridgehead atoms. The molecule has 3 aromatic rings. The van der Waals surface area contributed by atoms with Crippen molar-refractivity contribution in [3.63, 3.8) is 0 Å². The molecule has 0 aliphatic carbocycles. The number of aromatic nitrogens is 1. The lowest BCUT2D eigenvalue weighted by Crippen LogP contribution is -2.15. The average molecular weight is 460 g/mol. The van der Waals surface area contributed by atoms with E-state index in [0.717, 1.165) is 23.8 Å². The number of carbonyl (C=O) groups is 2. The predicted molar refractivity (Wildman–Crippen MR) is 117 cm³/mol. The first-order chi connectivity index (χ1) is 15.1. The molecule has 0 aliphatic rings. The zero-order chi connectivity index (χ0) is 23.3. The second-order valence-corrected chi connectivity index (χ2v) is 7.19. The van der Waals surface area contributed by atoms with Crippen molar-refractivity contribution in [2.75, 3.05) is 10.6 Å². The smallest absolute Gasteiger partial charge is 0.322 e. The largest absolute Gasteiger partial charge is 0.416 e. The Balaban J connectivity index is 1.76. The Morgan fingerprint density at radius 1 is 1.03 bits per heavy atom. The van der Waals surface area contributed by atoms with E-state index in [1.807, 2.05) is 0 Å². The summed E-state index contributed by atoms with van der Waals surface area (Å²) in [6, 6.07) is 10.7. The average Bonchev–Trinajstić information content (AvgIpc) is 2.75. The fourth-order valence-electron chi connectivity index (χ4n) is 2.71. The SMILES string of the molecule is Cc1ccc(C(=O)Nc2cc(C(F)(F)F)ccc2Cl)cc1NC(=O)/C=C/c1cccnc1. The van der Waals surface area contributed by atoms with Crippen LogP contribution >= 0.6 is 11.6 Å². The molecule has 2 aromatic carbocycles. The van der Waals surface area contributed by atoms with E-state index in [4.69, 9.17) is 11.6 Å². The number of anilines is 2. The third kappa shape index (κ3) is 5.95. The van der Waals surface area contributed by atoms with E-state index in [2.05, 4.69) is 15.6 Å². The lowest BCUT2D eigenvalue weighted by molar-refractivity contribution is -0.137. The molecule has 0 radical (unpaired) electrons. The second kappa shape index (κ2) is 9.65. The molecule has 3 rings (SSSR count). The van der Waals surface area contributed by atoms with Gasteiger partial charge in [0.05, 0.1) is 16.3 Å². The minimum Gasteiger partial charge on any atom is -0.322 e. The molecule has 0 atom stereocenters. The first kappa shape index (κ1) is 23.0. The van der Waals surface area contributed by atoms with Crippen molar-refractivity contribution in [2.45, 2.75) is 13.1 Å². The molecule has 0 aliphatic heterocycles. The maximum atomic E-state index is 12.9. The van der Waals surface area contributed by atoms with E-state index in [1.54, 1.807) is 43.6 Å². The first-order valence-corrected chi connectivity index (χ1v) is 9.69. The first-order valence-electron chi connectivity index (χ1n) is 9.31. The van der Waals surface area contributed by atoms with Crippen LogP contribution in [0.15, 0.2) is 67.0 Å². The summed E-state index contributed by atoms with van der Waals surface area (Å²) in [5, 5.41) is 5.03. The van der Waals surface area contributed by atoms with Crippen LogP contribution in [0.1, 0.15) is 27.0 Å². The van der Waals surface area contributed by atoms with Crippen molar-refractivity contribution >= 4 is 40.9 Å². The summed E-state index contributed by atoms with van der Waals surface area (Å²) < 4.78 is 38.8. The minimum atomic E-state index is -4.57. The van der Waals surface area contributed by atoms with E-state index >= 15 is 0 Å². The van der Waals surface area contributed by atoms with E-state index < -0.39 is 23.6 Å². The van der Waals surface area contributed by atoms with Gasteiger partial charge in [-0.1, -0.05) is 23.7 Å². The molecule has 2 amide bonds. The van der Waals surface area contributed by atoms with Gasteiger partial charge in [-0.05, 0) is 60.5 Å². The Bertz CT molecular complexity index is 1180. The summed E-state index contributed by atoms with van der Waals surface area (Å²) in [4.78, 5) is 28.8. The number of rotatable bonds is 5. The van der Waals surface area contributed by atoms with Crippen molar-refractivity contribution in [1.82, 2.24) is 4.98 Å². The lowest BCUT2D eigenvalue weighted by atomic mass is 10.1. The van der Waals surface area contributed by atoms with E-state index in [1.165, 1.54) is 18.2 Å². The Morgan fingerprint density at radius 3 is 2.50 bits per heavy atom. The number of carbonyl (C=O) groups excluding carboxylic acids is 2. The Labute approximate surface area is 186 Å². The van der Waals surface area contributed by atoms with Crippen LogP contribution in [0.4, 0.5) is 24.5 Å². The van der Waals surface area contributed by atoms with Gasteiger partial charge in [0.1, 0.15) is 0 Å². The molecule has 9 heteroatoms. The maximum Gasteiger partial charge on any atom is 0.416 e.